The average Bonchev–Trinajstić information content (AvgIpc) is 3.32. The fourth-order valence-electron chi connectivity index (χ4n) is 5.31. The number of carbonyl (C=O) groups is 1. The molecule has 0 unspecified atom stereocenters. The van der Waals surface area contributed by atoms with Gasteiger partial charge in [-0.05, 0) is 54.4 Å². The first kappa shape index (κ1) is 20.5. The first-order valence-electron chi connectivity index (χ1n) is 11.7. The third kappa shape index (κ3) is 4.63. The molecule has 1 saturated carbocycles. The van der Waals surface area contributed by atoms with Crippen LogP contribution in [0.15, 0.2) is 48.5 Å². The summed E-state index contributed by atoms with van der Waals surface area (Å²) in [6.07, 6.45) is 6.12. The largest absolute Gasteiger partial charge is 0.441 e. The van der Waals surface area contributed by atoms with E-state index in [1.54, 1.807) is 0 Å². The quantitative estimate of drug-likeness (QED) is 0.770. The zero-order valence-electron chi connectivity index (χ0n) is 18.1. The van der Waals surface area contributed by atoms with Crippen LogP contribution in [0.2, 0.25) is 0 Å². The summed E-state index contributed by atoms with van der Waals surface area (Å²) < 4.78 is 5.80. The summed E-state index contributed by atoms with van der Waals surface area (Å²) in [4.78, 5) is 16.6. The van der Waals surface area contributed by atoms with Gasteiger partial charge in [0.25, 0.3) is 0 Å². The maximum absolute atomic E-state index is 12.4. The predicted octanol–water partition coefficient (Wildman–Crippen LogP) is 4.58. The zero-order chi connectivity index (χ0) is 21.3. The molecule has 31 heavy (non-hydrogen) atoms. The van der Waals surface area contributed by atoms with Crippen molar-refractivity contribution in [3.63, 3.8) is 0 Å². The van der Waals surface area contributed by atoms with E-state index in [4.69, 9.17) is 4.74 Å². The lowest BCUT2D eigenvalue weighted by Gasteiger charge is -2.30. The normalized spacial score (nSPS) is 23.5. The van der Waals surface area contributed by atoms with Gasteiger partial charge in [0.2, 0.25) is 0 Å². The van der Waals surface area contributed by atoms with Crippen LogP contribution in [0.3, 0.4) is 0 Å². The molecule has 0 radical (unpaired) electrons. The van der Waals surface area contributed by atoms with Crippen LogP contribution in [0.4, 0.5) is 4.79 Å². The molecule has 2 aliphatic heterocycles. The van der Waals surface area contributed by atoms with Gasteiger partial charge >= 0.3 is 6.09 Å². The van der Waals surface area contributed by atoms with Gasteiger partial charge in [-0.3, -0.25) is 9.80 Å². The Morgan fingerprint density at radius 3 is 2.10 bits per heavy atom. The summed E-state index contributed by atoms with van der Waals surface area (Å²) in [6, 6.07) is 17.2. The monoisotopic (exact) mass is 420 g/mol. The maximum atomic E-state index is 12.4. The van der Waals surface area contributed by atoms with Gasteiger partial charge < -0.3 is 9.84 Å². The minimum absolute atomic E-state index is 0.160. The van der Waals surface area contributed by atoms with Crippen LogP contribution < -0.4 is 0 Å². The molecule has 1 N–H and O–H groups in total. The Bertz CT molecular complexity index is 903. The number of ether oxygens (including phenoxy) is 1. The summed E-state index contributed by atoms with van der Waals surface area (Å²) in [5.74, 6) is 0. The number of benzene rings is 2. The minimum Gasteiger partial charge on any atom is -0.441 e. The van der Waals surface area contributed by atoms with Crippen LogP contribution in [0.5, 0.6) is 0 Å². The number of carbonyl (C=O) groups excluding carboxylic acids is 1. The summed E-state index contributed by atoms with van der Waals surface area (Å²) in [5.41, 5.74) is 4.55. The minimum atomic E-state index is -0.232. The van der Waals surface area contributed by atoms with E-state index in [0.29, 0.717) is 6.54 Å². The van der Waals surface area contributed by atoms with Crippen LogP contribution in [0.25, 0.3) is 11.1 Å². The highest BCUT2D eigenvalue weighted by Crippen LogP contribution is 2.37. The Morgan fingerprint density at radius 1 is 0.903 bits per heavy atom. The Balaban J connectivity index is 1.19. The van der Waals surface area contributed by atoms with Crippen molar-refractivity contribution < 1.29 is 14.6 Å². The van der Waals surface area contributed by atoms with E-state index < -0.39 is 0 Å². The molecular weight excluding hydrogens is 388 g/mol. The predicted molar refractivity (Wildman–Crippen MR) is 120 cm³/mol. The van der Waals surface area contributed by atoms with Crippen molar-refractivity contribution in [2.45, 2.75) is 63.3 Å². The van der Waals surface area contributed by atoms with Gasteiger partial charge in [0.05, 0.1) is 12.6 Å². The van der Waals surface area contributed by atoms with Crippen molar-refractivity contribution in [1.29, 1.82) is 0 Å². The number of hydrogen-bond acceptors (Lipinski definition) is 4. The van der Waals surface area contributed by atoms with E-state index in [2.05, 4.69) is 53.4 Å². The van der Waals surface area contributed by atoms with Gasteiger partial charge in [0.15, 0.2) is 0 Å². The number of rotatable bonds is 5. The maximum Gasteiger partial charge on any atom is 0.410 e. The Labute approximate surface area is 184 Å². The molecule has 5 nitrogen and oxygen atoms in total. The molecule has 1 atom stereocenters. The van der Waals surface area contributed by atoms with E-state index in [-0.39, 0.29) is 17.8 Å². The third-order valence-electron chi connectivity index (χ3n) is 7.07. The summed E-state index contributed by atoms with van der Waals surface area (Å²) >= 11 is 0. The van der Waals surface area contributed by atoms with Gasteiger partial charge in [-0.1, -0.05) is 55.0 Å². The van der Waals surface area contributed by atoms with Crippen LogP contribution in [0.1, 0.15) is 49.7 Å². The summed E-state index contributed by atoms with van der Waals surface area (Å²) in [7, 11) is 0. The molecule has 1 aliphatic carbocycles. The molecular formula is C26H32N2O3. The SMILES string of the molecule is O=C1OC2(CCCCC2)CN1Cc1ccc(-c2ccc(CN3CC[C@@H](O)C3)cc2)cc1. The zero-order valence-corrected chi connectivity index (χ0v) is 18.1. The second-order valence-corrected chi connectivity index (χ2v) is 9.54. The van der Waals surface area contributed by atoms with Crippen molar-refractivity contribution >= 4 is 6.09 Å². The molecule has 5 heteroatoms. The Morgan fingerprint density at radius 2 is 1.52 bits per heavy atom. The van der Waals surface area contributed by atoms with Gasteiger partial charge in [-0.25, -0.2) is 4.79 Å². The molecule has 0 aromatic heterocycles. The van der Waals surface area contributed by atoms with E-state index >= 15 is 0 Å². The number of β-amino-alcohol motifs (C(OH)–C–C–N with tert-alkyl or cyclic N) is 1. The fraction of sp³-hybridized carbons (Fsp3) is 0.500. The molecule has 164 valence electrons. The highest BCUT2D eigenvalue weighted by atomic mass is 16.6. The molecule has 1 spiro atoms. The molecule has 2 aromatic carbocycles. The summed E-state index contributed by atoms with van der Waals surface area (Å²) in [6.45, 7) is 3.97. The topological polar surface area (TPSA) is 53.0 Å². The van der Waals surface area contributed by atoms with Crippen molar-refractivity contribution in [1.82, 2.24) is 9.80 Å². The molecule has 2 saturated heterocycles. The first-order chi connectivity index (χ1) is 15.1. The molecule has 3 fully saturated rings. The van der Waals surface area contributed by atoms with Crippen molar-refractivity contribution in [2.75, 3.05) is 19.6 Å². The molecule has 5 rings (SSSR count). The van der Waals surface area contributed by atoms with Gasteiger partial charge in [0.1, 0.15) is 5.60 Å². The smallest absolute Gasteiger partial charge is 0.410 e. The number of aliphatic hydroxyl groups is 1. The molecule has 2 aromatic rings. The van der Waals surface area contributed by atoms with Crippen LogP contribution >= 0.6 is 0 Å². The van der Waals surface area contributed by atoms with Crippen molar-refractivity contribution in [2.24, 2.45) is 0 Å². The van der Waals surface area contributed by atoms with Crippen LogP contribution in [-0.2, 0) is 17.8 Å². The second-order valence-electron chi connectivity index (χ2n) is 9.54. The van der Waals surface area contributed by atoms with E-state index in [9.17, 15) is 9.90 Å². The van der Waals surface area contributed by atoms with E-state index in [1.807, 2.05) is 4.90 Å². The molecule has 1 amide bonds. The third-order valence-corrected chi connectivity index (χ3v) is 7.07. The van der Waals surface area contributed by atoms with Crippen molar-refractivity contribution in [3.05, 3.63) is 59.7 Å². The van der Waals surface area contributed by atoms with Crippen LogP contribution in [-0.4, -0.2) is 52.3 Å². The highest BCUT2D eigenvalue weighted by molar-refractivity contribution is 5.71. The highest BCUT2D eigenvalue weighted by Gasteiger charge is 2.45. The fourth-order valence-corrected chi connectivity index (χ4v) is 5.31. The molecule has 0 bridgehead atoms. The standard InChI is InChI=1S/C26H32N2O3/c29-24-12-15-27(18-24)16-20-4-8-22(9-5-20)23-10-6-21(7-11-23)17-28-19-26(31-25(28)30)13-2-1-3-14-26/h4-11,24,29H,1-3,12-19H2/t24-/m1/s1. The number of amides is 1. The Hall–Kier alpha value is -2.37. The Kier molecular flexibility index (Phi) is 5.72. The second kappa shape index (κ2) is 8.64. The van der Waals surface area contributed by atoms with Gasteiger partial charge in [0, 0.05) is 26.2 Å². The lowest BCUT2D eigenvalue weighted by Crippen LogP contribution is -2.36. The first-order valence-corrected chi connectivity index (χ1v) is 11.7. The molecule has 3 aliphatic rings. The van der Waals surface area contributed by atoms with Crippen molar-refractivity contribution in [3.8, 4) is 11.1 Å². The number of hydrogen-bond donors (Lipinski definition) is 1. The average molecular weight is 421 g/mol. The molecule has 2 heterocycles. The number of likely N-dealkylation sites (tertiary alicyclic amines) is 1. The number of nitrogens with zero attached hydrogens (tertiary/aromatic N) is 2. The van der Waals surface area contributed by atoms with Crippen LogP contribution in [0, 0.1) is 0 Å². The van der Waals surface area contributed by atoms with Gasteiger partial charge in [-0.2, -0.15) is 0 Å². The van der Waals surface area contributed by atoms with Gasteiger partial charge in [-0.15, -0.1) is 0 Å². The lowest BCUT2D eigenvalue weighted by atomic mass is 9.85. The summed E-state index contributed by atoms with van der Waals surface area (Å²) in [5, 5.41) is 9.69. The lowest BCUT2D eigenvalue weighted by molar-refractivity contribution is 0.0260. The van der Waals surface area contributed by atoms with E-state index in [1.165, 1.54) is 23.1 Å². The van der Waals surface area contributed by atoms with E-state index in [0.717, 1.165) is 63.8 Å². The number of aliphatic hydroxyl groups excluding tert-OH is 1.